The highest BCUT2D eigenvalue weighted by atomic mass is 32.2. The zero-order valence-corrected chi connectivity index (χ0v) is 11.0. The number of pyridine rings is 1. The van der Waals surface area contributed by atoms with E-state index in [1.54, 1.807) is 0 Å². The molecule has 1 aromatic heterocycles. The Kier molecular flexibility index (Phi) is 2.71. The summed E-state index contributed by atoms with van der Waals surface area (Å²) < 4.78 is 0. The van der Waals surface area contributed by atoms with E-state index in [9.17, 15) is 0 Å². The molecule has 0 unspecified atom stereocenters. The highest BCUT2D eigenvalue weighted by molar-refractivity contribution is 7.98. The van der Waals surface area contributed by atoms with E-state index in [4.69, 9.17) is 4.98 Å². The third-order valence-corrected chi connectivity index (χ3v) is 3.97. The van der Waals surface area contributed by atoms with Crippen molar-refractivity contribution in [2.75, 3.05) is 5.32 Å². The van der Waals surface area contributed by atoms with E-state index in [-0.39, 0.29) is 0 Å². The Labute approximate surface area is 106 Å². The van der Waals surface area contributed by atoms with E-state index in [1.165, 1.54) is 22.3 Å². The van der Waals surface area contributed by atoms with Crippen molar-refractivity contribution in [2.45, 2.75) is 31.4 Å². The number of aromatic nitrogens is 1. The van der Waals surface area contributed by atoms with Gasteiger partial charge in [0.2, 0.25) is 0 Å². The van der Waals surface area contributed by atoms with Gasteiger partial charge in [0, 0.05) is 34.2 Å². The molecule has 1 aliphatic heterocycles. The fourth-order valence-corrected chi connectivity index (χ4v) is 3.33. The minimum atomic E-state index is 0.454. The highest BCUT2D eigenvalue weighted by Crippen LogP contribution is 2.38. The van der Waals surface area contributed by atoms with Gasteiger partial charge in [0.15, 0.2) is 0 Å². The van der Waals surface area contributed by atoms with Crippen molar-refractivity contribution in [1.29, 1.82) is 0 Å². The largest absolute Gasteiger partial charge is 0.382 e. The predicted molar refractivity (Wildman–Crippen MR) is 75.5 cm³/mol. The van der Waals surface area contributed by atoms with Crippen LogP contribution in [0.5, 0.6) is 0 Å². The van der Waals surface area contributed by atoms with Crippen LogP contribution in [0.3, 0.4) is 0 Å². The van der Waals surface area contributed by atoms with Gasteiger partial charge >= 0.3 is 0 Å². The van der Waals surface area contributed by atoms with Gasteiger partial charge in [-0.05, 0) is 19.9 Å². The van der Waals surface area contributed by atoms with Crippen molar-refractivity contribution in [3.63, 3.8) is 0 Å². The minimum Gasteiger partial charge on any atom is -0.382 e. The van der Waals surface area contributed by atoms with Gasteiger partial charge < -0.3 is 5.32 Å². The third-order valence-electron chi connectivity index (χ3n) is 3.00. The van der Waals surface area contributed by atoms with E-state index in [0.29, 0.717) is 6.04 Å². The lowest BCUT2D eigenvalue weighted by Crippen LogP contribution is -2.12. The van der Waals surface area contributed by atoms with Gasteiger partial charge in [-0.25, -0.2) is 0 Å². The molecule has 0 bridgehead atoms. The maximum absolute atomic E-state index is 4.76. The van der Waals surface area contributed by atoms with Crippen LogP contribution in [0.25, 0.3) is 10.9 Å². The molecule has 1 aromatic carbocycles. The van der Waals surface area contributed by atoms with Gasteiger partial charge in [-0.1, -0.05) is 18.2 Å². The topological polar surface area (TPSA) is 24.9 Å². The lowest BCUT2D eigenvalue weighted by molar-refractivity contribution is 0.898. The van der Waals surface area contributed by atoms with Gasteiger partial charge in [-0.15, -0.1) is 0 Å². The molecule has 3 heteroatoms. The molecule has 0 saturated carbocycles. The summed E-state index contributed by atoms with van der Waals surface area (Å²) in [4.78, 5) is 4.76. The van der Waals surface area contributed by atoms with Crippen LogP contribution in [0.1, 0.15) is 25.1 Å². The molecule has 1 N–H and O–H groups in total. The maximum Gasteiger partial charge on any atom is 0.0726 e. The summed E-state index contributed by atoms with van der Waals surface area (Å²) in [6.07, 6.45) is 0. The molecule has 0 amide bonds. The number of anilines is 1. The third kappa shape index (κ3) is 1.89. The molecule has 0 saturated heterocycles. The second-order valence-electron chi connectivity index (χ2n) is 4.72. The normalized spacial score (nSPS) is 14.3. The number of nitrogens with zero attached hydrogens (tertiary/aromatic N) is 1. The van der Waals surface area contributed by atoms with Gasteiger partial charge in [0.1, 0.15) is 0 Å². The van der Waals surface area contributed by atoms with Crippen molar-refractivity contribution >= 4 is 28.4 Å². The molecule has 2 heterocycles. The fourth-order valence-electron chi connectivity index (χ4n) is 2.28. The molecule has 0 atom stereocenters. The molecule has 0 fully saturated rings. The molecule has 2 nitrogen and oxygen atoms in total. The Morgan fingerprint density at radius 2 is 2.06 bits per heavy atom. The second kappa shape index (κ2) is 4.22. The molecule has 3 rings (SSSR count). The first-order valence-corrected chi connectivity index (χ1v) is 7.16. The fraction of sp³-hybridized carbons (Fsp3) is 0.357. The second-order valence-corrected chi connectivity index (χ2v) is 5.71. The van der Waals surface area contributed by atoms with Crippen molar-refractivity contribution < 1.29 is 0 Å². The van der Waals surface area contributed by atoms with E-state index in [1.807, 2.05) is 11.8 Å². The minimum absolute atomic E-state index is 0.454. The van der Waals surface area contributed by atoms with Crippen LogP contribution in [0.15, 0.2) is 24.3 Å². The predicted octanol–water partition coefficient (Wildman–Crippen LogP) is 3.80. The summed E-state index contributed by atoms with van der Waals surface area (Å²) in [6, 6.07) is 8.86. The first kappa shape index (κ1) is 10.9. The Bertz CT molecular complexity index is 563. The first-order chi connectivity index (χ1) is 8.25. The molecule has 0 spiro atoms. The van der Waals surface area contributed by atoms with Crippen molar-refractivity contribution in [3.8, 4) is 0 Å². The van der Waals surface area contributed by atoms with Crippen LogP contribution in [0.4, 0.5) is 5.69 Å². The van der Waals surface area contributed by atoms with Crippen LogP contribution in [-0.4, -0.2) is 11.0 Å². The van der Waals surface area contributed by atoms with E-state index >= 15 is 0 Å². The summed E-state index contributed by atoms with van der Waals surface area (Å²) in [5, 5.41) is 4.85. The number of hydrogen-bond acceptors (Lipinski definition) is 3. The van der Waals surface area contributed by atoms with E-state index in [0.717, 1.165) is 17.0 Å². The monoisotopic (exact) mass is 244 g/mol. The van der Waals surface area contributed by atoms with Gasteiger partial charge in [-0.2, -0.15) is 11.8 Å². The van der Waals surface area contributed by atoms with Crippen molar-refractivity contribution in [3.05, 3.63) is 35.5 Å². The van der Waals surface area contributed by atoms with Crippen LogP contribution in [-0.2, 0) is 11.5 Å². The molecular formula is C14H16N2S. The van der Waals surface area contributed by atoms with E-state index < -0.39 is 0 Å². The van der Waals surface area contributed by atoms with Crippen molar-refractivity contribution in [2.24, 2.45) is 0 Å². The number of nitrogens with one attached hydrogen (secondary N) is 1. The average molecular weight is 244 g/mol. The Morgan fingerprint density at radius 3 is 2.88 bits per heavy atom. The van der Waals surface area contributed by atoms with Crippen molar-refractivity contribution in [1.82, 2.24) is 4.98 Å². The molecule has 0 aliphatic carbocycles. The van der Waals surface area contributed by atoms with Crippen LogP contribution in [0, 0.1) is 0 Å². The summed E-state index contributed by atoms with van der Waals surface area (Å²) in [5.41, 5.74) is 5.07. The Balaban J connectivity index is 2.27. The standard InChI is InChI=1S/C14H16N2S/c1-9(2)15-14-10-5-3-4-6-12(10)16-13-8-17-7-11(13)14/h3-6,9H,7-8H2,1-2H3,(H,15,16). The molecule has 1 aliphatic rings. The Hall–Kier alpha value is -1.22. The van der Waals surface area contributed by atoms with Gasteiger partial charge in [-0.3, -0.25) is 4.98 Å². The smallest absolute Gasteiger partial charge is 0.0726 e. The summed E-state index contributed by atoms with van der Waals surface area (Å²) >= 11 is 1.95. The van der Waals surface area contributed by atoms with Crippen LogP contribution < -0.4 is 5.32 Å². The summed E-state index contributed by atoms with van der Waals surface area (Å²) in [5.74, 6) is 2.13. The molecule has 2 aromatic rings. The summed E-state index contributed by atoms with van der Waals surface area (Å²) in [6.45, 7) is 4.37. The quantitative estimate of drug-likeness (QED) is 0.869. The molecular weight excluding hydrogens is 228 g/mol. The number of benzene rings is 1. The zero-order valence-electron chi connectivity index (χ0n) is 10.2. The number of fused-ring (bicyclic) bond motifs is 2. The number of rotatable bonds is 2. The zero-order chi connectivity index (χ0) is 11.8. The highest BCUT2D eigenvalue weighted by Gasteiger charge is 2.19. The van der Waals surface area contributed by atoms with Crippen LogP contribution in [0.2, 0.25) is 0 Å². The van der Waals surface area contributed by atoms with Gasteiger partial charge in [0.05, 0.1) is 11.2 Å². The molecule has 88 valence electrons. The lowest BCUT2D eigenvalue weighted by atomic mass is 10.1. The first-order valence-electron chi connectivity index (χ1n) is 6.00. The lowest BCUT2D eigenvalue weighted by Gasteiger charge is -2.16. The van der Waals surface area contributed by atoms with Crippen LogP contribution >= 0.6 is 11.8 Å². The Morgan fingerprint density at radius 1 is 1.24 bits per heavy atom. The molecule has 17 heavy (non-hydrogen) atoms. The number of para-hydroxylation sites is 1. The average Bonchev–Trinajstić information content (AvgIpc) is 2.76. The number of thioether (sulfide) groups is 1. The van der Waals surface area contributed by atoms with Gasteiger partial charge in [0.25, 0.3) is 0 Å². The SMILES string of the molecule is CC(C)Nc1c2c(nc3ccccc13)CSC2. The summed E-state index contributed by atoms with van der Waals surface area (Å²) in [7, 11) is 0. The number of hydrogen-bond donors (Lipinski definition) is 1. The maximum atomic E-state index is 4.76. The molecule has 0 radical (unpaired) electrons. The van der Waals surface area contributed by atoms with E-state index in [2.05, 4.69) is 43.4 Å².